The van der Waals surface area contributed by atoms with Crippen molar-refractivity contribution in [1.29, 1.82) is 0 Å². The molecule has 0 radical (unpaired) electrons. The van der Waals surface area contributed by atoms with Gasteiger partial charge in [-0.25, -0.2) is 0 Å². The fourth-order valence-electron chi connectivity index (χ4n) is 0.365. The Balaban J connectivity index is -0.000000245. The summed E-state index contributed by atoms with van der Waals surface area (Å²) in [7, 11) is -0.770. The van der Waals surface area contributed by atoms with Gasteiger partial charge in [0.25, 0.3) is 0 Å². The van der Waals surface area contributed by atoms with Crippen LogP contribution in [0.25, 0.3) is 0 Å². The zero-order chi connectivity index (χ0) is 6.41. The molecule has 0 atom stereocenters. The first-order valence-corrected chi connectivity index (χ1v) is 4.05. The van der Waals surface area contributed by atoms with E-state index in [0.29, 0.717) is 24.6 Å². The van der Waals surface area contributed by atoms with Crippen LogP contribution in [-0.2, 0) is 10.8 Å². The first kappa shape index (κ1) is 16.9. The molecule has 0 saturated heterocycles. The van der Waals surface area contributed by atoms with E-state index in [2.05, 4.69) is 0 Å². The molecule has 0 aromatic heterocycles. The van der Waals surface area contributed by atoms with Crippen LogP contribution < -0.4 is 11.5 Å². The average molecular weight is 209 g/mol. The molecule has 0 rings (SSSR count). The minimum absolute atomic E-state index is 0. The van der Waals surface area contributed by atoms with E-state index in [1.165, 1.54) is 0 Å². The lowest BCUT2D eigenvalue weighted by Gasteiger charge is -1.93. The van der Waals surface area contributed by atoms with E-state index >= 15 is 0 Å². The van der Waals surface area contributed by atoms with Crippen LogP contribution >= 0.6 is 24.8 Å². The number of nitrogens with two attached hydrogens (primary N) is 2. The van der Waals surface area contributed by atoms with Crippen molar-refractivity contribution in [2.24, 2.45) is 11.5 Å². The number of hydrogen-bond acceptors (Lipinski definition) is 3. The van der Waals surface area contributed by atoms with Gasteiger partial charge in [-0.2, -0.15) is 0 Å². The van der Waals surface area contributed by atoms with E-state index in [1.807, 2.05) is 0 Å². The van der Waals surface area contributed by atoms with E-state index in [0.717, 1.165) is 0 Å². The van der Waals surface area contributed by atoms with Gasteiger partial charge in [0, 0.05) is 35.4 Å². The predicted molar refractivity (Wildman–Crippen MR) is 50.5 cm³/mol. The predicted octanol–water partition coefficient (Wildman–Crippen LogP) is -0.504. The van der Waals surface area contributed by atoms with Crippen molar-refractivity contribution in [2.45, 2.75) is 0 Å². The monoisotopic (exact) mass is 208 g/mol. The lowest BCUT2D eigenvalue weighted by atomic mass is 10.8. The molecule has 0 amide bonds. The van der Waals surface area contributed by atoms with Crippen molar-refractivity contribution < 1.29 is 4.21 Å². The topological polar surface area (TPSA) is 69.1 Å². The van der Waals surface area contributed by atoms with E-state index < -0.39 is 10.8 Å². The highest BCUT2D eigenvalue weighted by atomic mass is 35.5. The van der Waals surface area contributed by atoms with Crippen LogP contribution in [0.4, 0.5) is 0 Å². The Labute approximate surface area is 76.2 Å². The molecule has 0 bridgehead atoms. The highest BCUT2D eigenvalue weighted by Crippen LogP contribution is 1.75. The minimum Gasteiger partial charge on any atom is -0.330 e. The Bertz CT molecular complexity index is 75.7. The molecular formula is C4H14Cl2N2OS. The fourth-order valence-corrected chi connectivity index (χ4v) is 1.09. The first-order valence-electron chi connectivity index (χ1n) is 2.56. The van der Waals surface area contributed by atoms with Gasteiger partial charge in [-0.05, 0) is 0 Å². The summed E-state index contributed by atoms with van der Waals surface area (Å²) in [5.41, 5.74) is 10.3. The second-order valence-corrected chi connectivity index (χ2v) is 3.12. The van der Waals surface area contributed by atoms with Crippen molar-refractivity contribution in [2.75, 3.05) is 24.6 Å². The van der Waals surface area contributed by atoms with Gasteiger partial charge in [0.2, 0.25) is 0 Å². The summed E-state index contributed by atoms with van der Waals surface area (Å²) >= 11 is 0. The zero-order valence-electron chi connectivity index (χ0n) is 5.62. The lowest BCUT2D eigenvalue weighted by Crippen LogP contribution is -2.17. The highest BCUT2D eigenvalue weighted by Gasteiger charge is 1.92. The molecule has 0 aromatic rings. The second kappa shape index (κ2) is 12.3. The van der Waals surface area contributed by atoms with Gasteiger partial charge in [-0.15, -0.1) is 24.8 Å². The lowest BCUT2D eigenvalue weighted by molar-refractivity contribution is 0.682. The Morgan fingerprint density at radius 1 is 1.00 bits per heavy atom. The van der Waals surface area contributed by atoms with Crippen LogP contribution in [0, 0.1) is 0 Å². The maximum absolute atomic E-state index is 10.6. The molecule has 3 nitrogen and oxygen atoms in total. The third kappa shape index (κ3) is 11.4. The van der Waals surface area contributed by atoms with Crippen LogP contribution in [0.5, 0.6) is 0 Å². The quantitative estimate of drug-likeness (QED) is 0.655. The third-order valence-corrected chi connectivity index (χ3v) is 2.07. The summed E-state index contributed by atoms with van der Waals surface area (Å²) in [5.74, 6) is 1.16. The molecule has 0 unspecified atom stereocenters. The van der Waals surface area contributed by atoms with Gasteiger partial charge in [-0.1, -0.05) is 0 Å². The fraction of sp³-hybridized carbons (Fsp3) is 1.00. The molecule has 0 spiro atoms. The summed E-state index contributed by atoms with van der Waals surface area (Å²) in [6.45, 7) is 0.985. The Morgan fingerprint density at radius 3 is 1.50 bits per heavy atom. The maximum Gasteiger partial charge on any atom is 0.0358 e. The van der Waals surface area contributed by atoms with Gasteiger partial charge in [-0.3, -0.25) is 4.21 Å². The van der Waals surface area contributed by atoms with Crippen molar-refractivity contribution in [3.8, 4) is 0 Å². The first-order chi connectivity index (χ1) is 3.81. The normalized spacial score (nSPS) is 8.30. The van der Waals surface area contributed by atoms with Gasteiger partial charge in [0.15, 0.2) is 0 Å². The van der Waals surface area contributed by atoms with E-state index in [4.69, 9.17) is 11.5 Å². The second-order valence-electron chi connectivity index (χ2n) is 1.43. The molecule has 0 aromatic carbocycles. The third-order valence-electron chi connectivity index (χ3n) is 0.691. The van der Waals surface area contributed by atoms with Gasteiger partial charge in [0.1, 0.15) is 0 Å². The molecule has 10 heavy (non-hydrogen) atoms. The number of halogens is 2. The van der Waals surface area contributed by atoms with E-state index in [-0.39, 0.29) is 24.8 Å². The number of hydrogen-bond donors (Lipinski definition) is 2. The molecule has 0 saturated carbocycles. The molecule has 0 aliphatic rings. The van der Waals surface area contributed by atoms with Crippen molar-refractivity contribution in [1.82, 2.24) is 0 Å². The molecule has 6 heteroatoms. The zero-order valence-corrected chi connectivity index (χ0v) is 8.07. The van der Waals surface area contributed by atoms with Crippen LogP contribution in [0.2, 0.25) is 0 Å². The Kier molecular flexibility index (Phi) is 20.9. The van der Waals surface area contributed by atoms with Crippen LogP contribution in [0.1, 0.15) is 0 Å². The molecule has 0 aliphatic heterocycles. The number of rotatable bonds is 4. The van der Waals surface area contributed by atoms with Crippen LogP contribution in [-0.4, -0.2) is 28.8 Å². The molecule has 0 aliphatic carbocycles. The summed E-state index contributed by atoms with van der Waals surface area (Å²) < 4.78 is 10.6. The summed E-state index contributed by atoms with van der Waals surface area (Å²) in [4.78, 5) is 0. The molecule has 4 N–H and O–H groups in total. The summed E-state index contributed by atoms with van der Waals surface area (Å²) in [6, 6.07) is 0. The standard InChI is InChI=1S/C4H12N2OS.2ClH/c5-1-3-8(7)4-2-6;;/h1-6H2;2*1H. The molecule has 0 fully saturated rings. The average Bonchev–Trinajstić information content (AvgIpc) is 1.68. The van der Waals surface area contributed by atoms with Gasteiger partial charge in [0.05, 0.1) is 0 Å². The maximum atomic E-state index is 10.6. The summed E-state index contributed by atoms with van der Waals surface area (Å²) in [5, 5.41) is 0. The molecule has 66 valence electrons. The van der Waals surface area contributed by atoms with Crippen molar-refractivity contribution >= 4 is 35.6 Å². The Hall–Kier alpha value is 0.650. The van der Waals surface area contributed by atoms with Crippen molar-refractivity contribution in [3.05, 3.63) is 0 Å². The van der Waals surface area contributed by atoms with Crippen LogP contribution in [0.3, 0.4) is 0 Å². The van der Waals surface area contributed by atoms with Crippen molar-refractivity contribution in [3.63, 3.8) is 0 Å². The highest BCUT2D eigenvalue weighted by molar-refractivity contribution is 7.85. The van der Waals surface area contributed by atoms with Crippen LogP contribution in [0.15, 0.2) is 0 Å². The van der Waals surface area contributed by atoms with E-state index in [1.54, 1.807) is 0 Å². The SMILES string of the molecule is Cl.Cl.NCCS(=O)CCN. The van der Waals surface area contributed by atoms with Gasteiger partial charge < -0.3 is 11.5 Å². The smallest absolute Gasteiger partial charge is 0.0358 e. The minimum atomic E-state index is -0.770. The van der Waals surface area contributed by atoms with E-state index in [9.17, 15) is 4.21 Å². The Morgan fingerprint density at radius 2 is 1.30 bits per heavy atom. The molecular weight excluding hydrogens is 195 g/mol. The molecule has 0 heterocycles. The largest absolute Gasteiger partial charge is 0.330 e. The summed E-state index contributed by atoms with van der Waals surface area (Å²) in [6.07, 6.45) is 0. The van der Waals surface area contributed by atoms with Gasteiger partial charge >= 0.3 is 0 Å².